The van der Waals surface area contributed by atoms with Gasteiger partial charge in [0.05, 0.1) is 16.3 Å². The Labute approximate surface area is 143 Å². The van der Waals surface area contributed by atoms with Crippen LogP contribution in [0.5, 0.6) is 5.75 Å². The number of nitrogens with zero attached hydrogens (tertiary/aromatic N) is 3. The van der Waals surface area contributed by atoms with Gasteiger partial charge in [-0.25, -0.2) is 15.0 Å². The van der Waals surface area contributed by atoms with Crippen molar-refractivity contribution in [1.29, 1.82) is 0 Å². The molecule has 1 saturated carbocycles. The van der Waals surface area contributed by atoms with E-state index in [4.69, 9.17) is 0 Å². The summed E-state index contributed by atoms with van der Waals surface area (Å²) in [5.74, 6) is 0.688. The zero-order chi connectivity index (χ0) is 16.5. The SMILES string of the molecule is Cc1nc(NC2CC2)sc1-c1ccnc(Nc2cccc(O)c2)n1. The molecule has 1 aliphatic rings. The largest absolute Gasteiger partial charge is 0.508 e. The number of phenols is 1. The molecule has 6 nitrogen and oxygen atoms in total. The maximum Gasteiger partial charge on any atom is 0.227 e. The van der Waals surface area contributed by atoms with E-state index >= 15 is 0 Å². The van der Waals surface area contributed by atoms with Crippen LogP contribution in [-0.2, 0) is 0 Å². The Morgan fingerprint density at radius 3 is 2.88 bits per heavy atom. The smallest absolute Gasteiger partial charge is 0.227 e. The van der Waals surface area contributed by atoms with Crippen LogP contribution in [0, 0.1) is 6.92 Å². The fourth-order valence-electron chi connectivity index (χ4n) is 2.36. The lowest BCUT2D eigenvalue weighted by molar-refractivity contribution is 0.475. The second-order valence-corrected chi connectivity index (χ2v) is 6.79. The van der Waals surface area contributed by atoms with Crippen molar-refractivity contribution in [2.45, 2.75) is 25.8 Å². The van der Waals surface area contributed by atoms with Crippen molar-refractivity contribution in [3.05, 3.63) is 42.2 Å². The molecule has 3 N–H and O–H groups in total. The Hall–Kier alpha value is -2.67. The number of aromatic nitrogens is 3. The van der Waals surface area contributed by atoms with Gasteiger partial charge >= 0.3 is 0 Å². The first-order valence-corrected chi connectivity index (χ1v) is 8.62. The third-order valence-corrected chi connectivity index (χ3v) is 4.80. The van der Waals surface area contributed by atoms with Crippen LogP contribution in [0.4, 0.5) is 16.8 Å². The normalized spacial score (nSPS) is 13.7. The molecule has 0 unspecified atom stereocenters. The molecular formula is C17H17N5OS. The van der Waals surface area contributed by atoms with Crippen LogP contribution in [0.3, 0.4) is 0 Å². The predicted octanol–water partition coefficient (Wildman–Crippen LogP) is 3.93. The first-order valence-electron chi connectivity index (χ1n) is 7.81. The highest BCUT2D eigenvalue weighted by molar-refractivity contribution is 7.19. The summed E-state index contributed by atoms with van der Waals surface area (Å²) in [6.07, 6.45) is 4.17. The summed E-state index contributed by atoms with van der Waals surface area (Å²) < 4.78 is 0. The fourth-order valence-corrected chi connectivity index (χ4v) is 3.37. The molecule has 0 saturated heterocycles. The van der Waals surface area contributed by atoms with E-state index in [-0.39, 0.29) is 5.75 Å². The topological polar surface area (TPSA) is 83.0 Å². The molecular weight excluding hydrogens is 322 g/mol. The first-order chi connectivity index (χ1) is 11.7. The minimum Gasteiger partial charge on any atom is -0.508 e. The van der Waals surface area contributed by atoms with E-state index in [0.29, 0.717) is 12.0 Å². The van der Waals surface area contributed by atoms with E-state index in [1.54, 1.807) is 35.7 Å². The molecule has 1 aliphatic carbocycles. The summed E-state index contributed by atoms with van der Waals surface area (Å²) >= 11 is 1.62. The highest BCUT2D eigenvalue weighted by Crippen LogP contribution is 2.34. The number of nitrogens with one attached hydrogen (secondary N) is 2. The van der Waals surface area contributed by atoms with Gasteiger partial charge in [0.25, 0.3) is 0 Å². The summed E-state index contributed by atoms with van der Waals surface area (Å²) in [7, 11) is 0. The number of phenolic OH excluding ortho intramolecular Hbond substituents is 1. The molecule has 3 aromatic rings. The van der Waals surface area contributed by atoms with Crippen molar-refractivity contribution in [2.24, 2.45) is 0 Å². The van der Waals surface area contributed by atoms with Gasteiger partial charge in [-0.05, 0) is 38.0 Å². The van der Waals surface area contributed by atoms with Crippen LogP contribution in [0.25, 0.3) is 10.6 Å². The fraction of sp³-hybridized carbons (Fsp3) is 0.235. The van der Waals surface area contributed by atoms with Gasteiger partial charge in [-0.3, -0.25) is 0 Å². The van der Waals surface area contributed by atoms with E-state index in [1.165, 1.54) is 12.8 Å². The maximum atomic E-state index is 9.55. The number of benzene rings is 1. The zero-order valence-corrected chi connectivity index (χ0v) is 14.0. The summed E-state index contributed by atoms with van der Waals surface area (Å²) in [4.78, 5) is 14.5. The number of anilines is 3. The average molecular weight is 339 g/mol. The van der Waals surface area contributed by atoms with Crippen molar-refractivity contribution in [1.82, 2.24) is 15.0 Å². The molecule has 24 heavy (non-hydrogen) atoms. The minimum absolute atomic E-state index is 0.199. The quantitative estimate of drug-likeness (QED) is 0.653. The van der Waals surface area contributed by atoms with E-state index in [2.05, 4.69) is 25.6 Å². The van der Waals surface area contributed by atoms with Crippen molar-refractivity contribution < 1.29 is 5.11 Å². The third kappa shape index (κ3) is 3.30. The van der Waals surface area contributed by atoms with Crippen LogP contribution in [0.15, 0.2) is 36.5 Å². The molecule has 0 atom stereocenters. The number of rotatable bonds is 5. The van der Waals surface area contributed by atoms with E-state index < -0.39 is 0 Å². The van der Waals surface area contributed by atoms with Gasteiger partial charge in [-0.15, -0.1) is 0 Å². The third-order valence-electron chi connectivity index (χ3n) is 3.69. The Bertz CT molecular complexity index is 875. The standard InChI is InChI=1S/C17H17N5OS/c1-10-15(24-17(19-10)21-11-5-6-11)14-7-8-18-16(22-14)20-12-3-2-4-13(23)9-12/h2-4,7-9,11,23H,5-6H2,1H3,(H,19,21)(H,18,20,22). The van der Waals surface area contributed by atoms with Gasteiger partial charge in [0.1, 0.15) is 5.75 Å². The molecule has 122 valence electrons. The molecule has 0 aliphatic heterocycles. The molecule has 2 aromatic heterocycles. The van der Waals surface area contributed by atoms with Crippen LogP contribution in [-0.4, -0.2) is 26.1 Å². The van der Waals surface area contributed by atoms with Crippen molar-refractivity contribution >= 4 is 28.1 Å². The van der Waals surface area contributed by atoms with E-state index in [9.17, 15) is 5.11 Å². The predicted molar refractivity (Wildman–Crippen MR) is 95.9 cm³/mol. The number of thiazole rings is 1. The lowest BCUT2D eigenvalue weighted by atomic mass is 10.3. The van der Waals surface area contributed by atoms with Gasteiger partial charge in [-0.1, -0.05) is 17.4 Å². The second-order valence-electron chi connectivity index (χ2n) is 5.79. The molecule has 2 heterocycles. The van der Waals surface area contributed by atoms with Crippen LogP contribution >= 0.6 is 11.3 Å². The number of aromatic hydroxyl groups is 1. The maximum absolute atomic E-state index is 9.55. The van der Waals surface area contributed by atoms with Crippen LogP contribution in [0.2, 0.25) is 0 Å². The lowest BCUT2D eigenvalue weighted by Gasteiger charge is -2.06. The molecule has 7 heteroatoms. The van der Waals surface area contributed by atoms with Gasteiger partial charge in [0.2, 0.25) is 5.95 Å². The molecule has 4 rings (SSSR count). The van der Waals surface area contributed by atoms with Gasteiger partial charge in [0, 0.05) is 24.0 Å². The lowest BCUT2D eigenvalue weighted by Crippen LogP contribution is -1.99. The number of hydrogen-bond acceptors (Lipinski definition) is 7. The number of hydrogen-bond donors (Lipinski definition) is 3. The van der Waals surface area contributed by atoms with E-state index in [0.717, 1.165) is 27.1 Å². The highest BCUT2D eigenvalue weighted by Gasteiger charge is 2.23. The molecule has 1 fully saturated rings. The Kier molecular flexibility index (Phi) is 3.78. The zero-order valence-electron chi connectivity index (χ0n) is 13.2. The second kappa shape index (κ2) is 6.09. The average Bonchev–Trinajstić information content (AvgIpc) is 3.29. The minimum atomic E-state index is 0.199. The van der Waals surface area contributed by atoms with Gasteiger partial charge in [0.15, 0.2) is 5.13 Å². The monoisotopic (exact) mass is 339 g/mol. The summed E-state index contributed by atoms with van der Waals surface area (Å²) in [5.41, 5.74) is 2.54. The van der Waals surface area contributed by atoms with Crippen molar-refractivity contribution in [3.63, 3.8) is 0 Å². The van der Waals surface area contributed by atoms with Crippen LogP contribution in [0.1, 0.15) is 18.5 Å². The van der Waals surface area contributed by atoms with Gasteiger partial charge < -0.3 is 15.7 Å². The van der Waals surface area contributed by atoms with Crippen LogP contribution < -0.4 is 10.6 Å². The molecule has 0 radical (unpaired) electrons. The Morgan fingerprint density at radius 2 is 2.08 bits per heavy atom. The highest BCUT2D eigenvalue weighted by atomic mass is 32.1. The Morgan fingerprint density at radius 1 is 1.21 bits per heavy atom. The van der Waals surface area contributed by atoms with E-state index in [1.807, 2.05) is 19.1 Å². The molecule has 1 aromatic carbocycles. The Balaban J connectivity index is 1.59. The molecule has 0 bridgehead atoms. The molecule has 0 amide bonds. The molecule has 0 spiro atoms. The summed E-state index contributed by atoms with van der Waals surface area (Å²) in [5, 5.41) is 17.0. The first kappa shape index (κ1) is 14.9. The summed E-state index contributed by atoms with van der Waals surface area (Å²) in [6.45, 7) is 1.99. The number of aryl methyl sites for hydroxylation is 1. The van der Waals surface area contributed by atoms with Crippen molar-refractivity contribution in [2.75, 3.05) is 10.6 Å². The van der Waals surface area contributed by atoms with Gasteiger partial charge in [-0.2, -0.15) is 0 Å². The van der Waals surface area contributed by atoms with Crippen molar-refractivity contribution in [3.8, 4) is 16.3 Å². The summed E-state index contributed by atoms with van der Waals surface area (Å²) in [6, 6.07) is 9.34.